The molecule has 4 N–H and O–H groups in total. The van der Waals surface area contributed by atoms with Crippen molar-refractivity contribution in [3.8, 4) is 11.1 Å². The van der Waals surface area contributed by atoms with Crippen molar-refractivity contribution in [1.82, 2.24) is 4.98 Å². The number of hydrogen-bond donors (Lipinski definition) is 4. The van der Waals surface area contributed by atoms with E-state index in [9.17, 15) is 41.4 Å². The molecule has 1 aliphatic heterocycles. The highest BCUT2D eigenvalue weighted by Gasteiger charge is 2.41. The molecule has 8 nitrogen and oxygen atoms in total. The number of amides is 1. The Bertz CT molecular complexity index is 1840. The van der Waals surface area contributed by atoms with E-state index in [0.29, 0.717) is 41.0 Å². The summed E-state index contributed by atoms with van der Waals surface area (Å²) in [6.07, 6.45) is -9.06. The molecular weight excluding hydrogens is 691 g/mol. The van der Waals surface area contributed by atoms with Crippen LogP contribution < -0.4 is 15.3 Å². The standard InChI is InChI=1S/C30H31F6N3O3.C7H9BO2/c1-17-7-5-6-8-23(17)24-13-26(39-15-22(41)12-21(39)16-40)37-14-25(24)38(4)27(42)28(2,3)18-9-19(29(31,32)33)11-20(10-18)30(34,35)36;1-6-2-4-7(5-3-6)8(9)10/h5-11,13-14,21-22,40-41H,12,15-16H2,1-4H3;2-5,9-10H,1H3/t21-,22-;/m1./s1. The summed E-state index contributed by atoms with van der Waals surface area (Å²) in [4.78, 5) is 21.3. The Balaban J connectivity index is 0.000000521. The summed E-state index contributed by atoms with van der Waals surface area (Å²) in [5.41, 5.74) is -1.26. The molecule has 0 aliphatic carbocycles. The molecule has 1 aliphatic rings. The number of nitrogens with zero attached hydrogens (tertiary/aromatic N) is 3. The van der Waals surface area contributed by atoms with Crippen LogP contribution in [0.2, 0.25) is 0 Å². The maximum atomic E-state index is 13.9. The van der Waals surface area contributed by atoms with Crippen LogP contribution in [0, 0.1) is 13.8 Å². The Morgan fingerprint density at radius 1 is 0.885 bits per heavy atom. The lowest BCUT2D eigenvalue weighted by molar-refractivity contribution is -0.143. The van der Waals surface area contributed by atoms with Gasteiger partial charge in [-0.15, -0.1) is 0 Å². The molecule has 0 saturated carbocycles. The van der Waals surface area contributed by atoms with E-state index in [1.165, 1.54) is 32.0 Å². The molecule has 1 amide bonds. The molecule has 1 aromatic heterocycles. The van der Waals surface area contributed by atoms with Crippen molar-refractivity contribution in [1.29, 1.82) is 0 Å². The van der Waals surface area contributed by atoms with Crippen LogP contribution >= 0.6 is 0 Å². The lowest BCUT2D eigenvalue weighted by Gasteiger charge is -2.32. The summed E-state index contributed by atoms with van der Waals surface area (Å²) >= 11 is 0. The Kier molecular flexibility index (Phi) is 12.1. The van der Waals surface area contributed by atoms with E-state index >= 15 is 0 Å². The van der Waals surface area contributed by atoms with E-state index in [2.05, 4.69) is 4.98 Å². The van der Waals surface area contributed by atoms with Crippen LogP contribution in [0.4, 0.5) is 37.8 Å². The first kappa shape index (κ1) is 40.3. The third kappa shape index (κ3) is 9.13. The van der Waals surface area contributed by atoms with Gasteiger partial charge in [0, 0.05) is 19.2 Å². The first-order valence-corrected chi connectivity index (χ1v) is 16.3. The molecule has 0 unspecified atom stereocenters. The Morgan fingerprint density at radius 3 is 1.96 bits per heavy atom. The summed E-state index contributed by atoms with van der Waals surface area (Å²) in [5, 5.41) is 37.3. The van der Waals surface area contributed by atoms with Gasteiger partial charge < -0.3 is 30.1 Å². The van der Waals surface area contributed by atoms with Gasteiger partial charge in [0.05, 0.1) is 47.2 Å². The number of anilines is 2. The number of hydrogen-bond acceptors (Lipinski definition) is 7. The largest absolute Gasteiger partial charge is 0.488 e. The minimum absolute atomic E-state index is 0.0294. The molecule has 278 valence electrons. The van der Waals surface area contributed by atoms with Crippen molar-refractivity contribution in [2.75, 3.05) is 30.0 Å². The molecule has 5 rings (SSSR count). The second-order valence-electron chi connectivity index (χ2n) is 13.3. The number of likely N-dealkylation sites (N-methyl/N-ethyl adjacent to an activating group) is 1. The number of aliphatic hydroxyl groups is 2. The van der Waals surface area contributed by atoms with Crippen molar-refractivity contribution in [2.45, 2.75) is 64.0 Å². The highest BCUT2D eigenvalue weighted by atomic mass is 19.4. The first-order valence-electron chi connectivity index (χ1n) is 16.3. The third-order valence-electron chi connectivity index (χ3n) is 9.09. The highest BCUT2D eigenvalue weighted by Crippen LogP contribution is 2.41. The minimum atomic E-state index is -5.06. The number of halogens is 6. The van der Waals surface area contributed by atoms with E-state index in [0.717, 1.165) is 11.1 Å². The third-order valence-corrected chi connectivity index (χ3v) is 9.09. The molecule has 4 aromatic rings. The highest BCUT2D eigenvalue weighted by molar-refractivity contribution is 6.58. The molecule has 1 saturated heterocycles. The van der Waals surface area contributed by atoms with E-state index in [1.54, 1.807) is 29.2 Å². The van der Waals surface area contributed by atoms with E-state index in [1.807, 2.05) is 44.2 Å². The number of alkyl halides is 6. The van der Waals surface area contributed by atoms with Crippen LogP contribution in [0.25, 0.3) is 11.1 Å². The fourth-order valence-corrected chi connectivity index (χ4v) is 6.00. The van der Waals surface area contributed by atoms with Gasteiger partial charge >= 0.3 is 19.5 Å². The average molecular weight is 732 g/mol. The lowest BCUT2D eigenvalue weighted by Crippen LogP contribution is -2.42. The summed E-state index contributed by atoms with van der Waals surface area (Å²) in [7, 11) is 0.0392. The number of carbonyl (C=O) groups is 1. The number of aryl methyl sites for hydroxylation is 2. The SMILES string of the molecule is Cc1ccc(B(O)O)cc1.Cc1ccccc1-c1cc(N2C[C@H](O)C[C@@H]2CO)ncc1N(C)C(=O)C(C)(C)c1cc(C(F)(F)F)cc(C(F)(F)F)c1. The van der Waals surface area contributed by atoms with Gasteiger partial charge in [-0.2, -0.15) is 26.3 Å². The monoisotopic (exact) mass is 731 g/mol. The lowest BCUT2D eigenvalue weighted by atomic mass is 9.80. The molecule has 0 bridgehead atoms. The van der Waals surface area contributed by atoms with E-state index in [4.69, 9.17) is 10.0 Å². The summed E-state index contributed by atoms with van der Waals surface area (Å²) in [6, 6.07) is 16.8. The van der Waals surface area contributed by atoms with Gasteiger partial charge in [0.1, 0.15) is 5.82 Å². The van der Waals surface area contributed by atoms with Crippen LogP contribution in [0.5, 0.6) is 0 Å². The predicted molar refractivity (Wildman–Crippen MR) is 187 cm³/mol. The summed E-state index contributed by atoms with van der Waals surface area (Å²) in [6.45, 7) is 6.35. The molecule has 1 fully saturated rings. The first-order chi connectivity index (χ1) is 24.1. The number of β-amino-alcohol motifs (C(OH)–C–C–N with tert-alkyl or cyclic N) is 1. The van der Waals surface area contributed by atoms with Crippen LogP contribution in [0.1, 0.15) is 48.1 Å². The predicted octanol–water partition coefficient (Wildman–Crippen LogP) is 5.64. The zero-order valence-corrected chi connectivity index (χ0v) is 29.2. The topological polar surface area (TPSA) is 117 Å². The van der Waals surface area contributed by atoms with Crippen molar-refractivity contribution < 1.29 is 51.4 Å². The molecule has 3 aromatic carbocycles. The zero-order chi connectivity index (χ0) is 38.8. The molecule has 0 radical (unpaired) electrons. The molecular formula is C37H40BF6N3O5. The Hall–Kier alpha value is -4.44. The van der Waals surface area contributed by atoms with E-state index < -0.39 is 53.6 Å². The summed E-state index contributed by atoms with van der Waals surface area (Å²) < 4.78 is 81.4. The maximum absolute atomic E-state index is 13.9. The average Bonchev–Trinajstić information content (AvgIpc) is 3.47. The van der Waals surface area contributed by atoms with Gasteiger partial charge in [-0.1, -0.05) is 54.1 Å². The minimum Gasteiger partial charge on any atom is -0.423 e. The van der Waals surface area contributed by atoms with Crippen molar-refractivity contribution in [3.05, 3.63) is 107 Å². The fourth-order valence-electron chi connectivity index (χ4n) is 6.00. The Morgan fingerprint density at radius 2 is 1.44 bits per heavy atom. The quantitative estimate of drug-likeness (QED) is 0.144. The van der Waals surface area contributed by atoms with E-state index in [-0.39, 0.29) is 30.9 Å². The maximum Gasteiger partial charge on any atom is 0.488 e. The number of carbonyl (C=O) groups excluding carboxylic acids is 1. The number of pyridine rings is 1. The second kappa shape index (κ2) is 15.7. The Labute approximate surface area is 298 Å². The second-order valence-corrected chi connectivity index (χ2v) is 13.3. The van der Waals surface area contributed by atoms with Gasteiger partial charge in [0.2, 0.25) is 5.91 Å². The molecule has 15 heteroatoms. The van der Waals surface area contributed by atoms with Crippen molar-refractivity contribution in [3.63, 3.8) is 0 Å². The number of rotatable bonds is 7. The summed E-state index contributed by atoms with van der Waals surface area (Å²) in [5.74, 6) is -0.329. The van der Waals surface area contributed by atoms with Gasteiger partial charge in [0.15, 0.2) is 0 Å². The zero-order valence-electron chi connectivity index (χ0n) is 29.2. The molecule has 52 heavy (non-hydrogen) atoms. The smallest absolute Gasteiger partial charge is 0.423 e. The van der Waals surface area contributed by atoms with Crippen LogP contribution in [0.3, 0.4) is 0 Å². The number of aliphatic hydroxyl groups excluding tert-OH is 2. The molecule has 0 spiro atoms. The van der Waals surface area contributed by atoms with Crippen molar-refractivity contribution >= 4 is 30.0 Å². The number of aromatic nitrogens is 1. The van der Waals surface area contributed by atoms with Gasteiger partial charge in [-0.25, -0.2) is 4.98 Å². The fraction of sp³-hybridized carbons (Fsp3) is 0.351. The van der Waals surface area contributed by atoms with Gasteiger partial charge in [-0.3, -0.25) is 4.79 Å². The molecule has 2 heterocycles. The number of benzene rings is 3. The normalized spacial score (nSPS) is 16.3. The molecule has 2 atom stereocenters. The van der Waals surface area contributed by atoms with Crippen LogP contribution in [0.15, 0.2) is 79.0 Å². The van der Waals surface area contributed by atoms with Gasteiger partial charge in [0.25, 0.3) is 0 Å². The van der Waals surface area contributed by atoms with Gasteiger partial charge in [-0.05, 0) is 80.5 Å². The van der Waals surface area contributed by atoms with Crippen molar-refractivity contribution in [2.24, 2.45) is 0 Å². The van der Waals surface area contributed by atoms with Crippen LogP contribution in [-0.2, 0) is 22.6 Å². The van der Waals surface area contributed by atoms with Crippen LogP contribution in [-0.4, -0.2) is 70.6 Å².